The van der Waals surface area contributed by atoms with E-state index in [1.54, 1.807) is 6.08 Å². The minimum absolute atomic E-state index is 0.0998. The van der Waals surface area contributed by atoms with Gasteiger partial charge in [0.1, 0.15) is 13.2 Å². The summed E-state index contributed by atoms with van der Waals surface area (Å²) in [6, 6.07) is 0. The van der Waals surface area contributed by atoms with Crippen LogP contribution in [0, 0.1) is 0 Å². The standard InChI is InChI=1S/C45H76O6/c1-4-7-10-13-16-19-20-21-22-23-24-27-29-32-35-38-44(47)50-41-42(51-45(48)39-36-33-30-26-18-15-12-9-6-3)40-49-43(46)37-34-31-28-25-17-14-11-8-5-2/h9,12,18-20,25-26,28,33,36,42H,4-8,10-11,13-17,21-24,27,29-32,34-35,37-41H2,1-3H3/b12-9-,20-19-,26-18-,28-25-,36-33-. The van der Waals surface area contributed by atoms with Crippen LogP contribution >= 0.6 is 0 Å². The SMILES string of the molecule is CC/C=C\C/C=C\C/C=C\CC(=O)OC(COC(=O)CCC/C=C\CCCCCC)COC(=O)CCCCCCCCC/C=C\CCCCCC. The molecule has 51 heavy (non-hydrogen) atoms. The molecule has 0 heterocycles. The van der Waals surface area contributed by atoms with E-state index >= 15 is 0 Å². The number of ether oxygens (including phenoxy) is 3. The summed E-state index contributed by atoms with van der Waals surface area (Å²) in [5.41, 5.74) is 0. The van der Waals surface area contributed by atoms with E-state index in [4.69, 9.17) is 14.2 Å². The molecule has 6 heteroatoms. The lowest BCUT2D eigenvalue weighted by Gasteiger charge is -2.18. The average Bonchev–Trinajstić information content (AvgIpc) is 3.12. The van der Waals surface area contributed by atoms with E-state index in [-0.39, 0.29) is 31.6 Å². The lowest BCUT2D eigenvalue weighted by Crippen LogP contribution is -2.30. The predicted molar refractivity (Wildman–Crippen MR) is 215 cm³/mol. The van der Waals surface area contributed by atoms with Gasteiger partial charge in [-0.2, -0.15) is 0 Å². The van der Waals surface area contributed by atoms with Crippen molar-refractivity contribution < 1.29 is 28.6 Å². The van der Waals surface area contributed by atoms with Crippen LogP contribution in [-0.2, 0) is 28.6 Å². The van der Waals surface area contributed by atoms with Gasteiger partial charge in [0, 0.05) is 12.8 Å². The highest BCUT2D eigenvalue weighted by Crippen LogP contribution is 2.12. The molecule has 0 rings (SSSR count). The van der Waals surface area contributed by atoms with E-state index in [0.29, 0.717) is 19.3 Å². The normalized spacial score (nSPS) is 12.6. The molecule has 0 N–H and O–H groups in total. The Labute approximate surface area is 313 Å². The summed E-state index contributed by atoms with van der Waals surface area (Å²) in [4.78, 5) is 37.4. The molecule has 292 valence electrons. The molecule has 0 aliphatic rings. The molecular weight excluding hydrogens is 636 g/mol. The molecule has 0 fully saturated rings. The molecule has 0 aromatic heterocycles. The van der Waals surface area contributed by atoms with Crippen LogP contribution in [0.5, 0.6) is 0 Å². The van der Waals surface area contributed by atoms with Crippen molar-refractivity contribution >= 4 is 17.9 Å². The third-order valence-electron chi connectivity index (χ3n) is 8.51. The molecule has 0 saturated heterocycles. The topological polar surface area (TPSA) is 78.9 Å². The highest BCUT2D eigenvalue weighted by atomic mass is 16.6. The number of hydrogen-bond donors (Lipinski definition) is 0. The van der Waals surface area contributed by atoms with Gasteiger partial charge in [0.05, 0.1) is 6.42 Å². The fourth-order valence-electron chi connectivity index (χ4n) is 5.38. The zero-order valence-corrected chi connectivity index (χ0v) is 33.1. The molecule has 0 saturated carbocycles. The first-order valence-corrected chi connectivity index (χ1v) is 20.8. The summed E-state index contributed by atoms with van der Waals surface area (Å²) in [5.74, 6) is -1.10. The quantitative estimate of drug-likeness (QED) is 0.0278. The second-order valence-corrected chi connectivity index (χ2v) is 13.5. The smallest absolute Gasteiger partial charge is 0.310 e. The summed E-state index contributed by atoms with van der Waals surface area (Å²) < 4.78 is 16.5. The molecule has 1 unspecified atom stereocenters. The van der Waals surface area contributed by atoms with Crippen LogP contribution in [-0.4, -0.2) is 37.2 Å². The highest BCUT2D eigenvalue weighted by Gasteiger charge is 2.19. The van der Waals surface area contributed by atoms with Gasteiger partial charge in [-0.15, -0.1) is 0 Å². The van der Waals surface area contributed by atoms with Gasteiger partial charge in [-0.25, -0.2) is 0 Å². The first-order chi connectivity index (χ1) is 25.0. The van der Waals surface area contributed by atoms with Gasteiger partial charge >= 0.3 is 17.9 Å². The van der Waals surface area contributed by atoms with Crippen LogP contribution in [0.3, 0.4) is 0 Å². The summed E-state index contributed by atoms with van der Waals surface area (Å²) in [6.07, 6.45) is 46.8. The van der Waals surface area contributed by atoms with Crippen molar-refractivity contribution in [2.75, 3.05) is 13.2 Å². The van der Waals surface area contributed by atoms with Gasteiger partial charge in [-0.1, -0.05) is 152 Å². The van der Waals surface area contributed by atoms with E-state index in [9.17, 15) is 14.4 Å². The van der Waals surface area contributed by atoms with Crippen molar-refractivity contribution in [2.24, 2.45) is 0 Å². The Morgan fingerprint density at radius 3 is 1.35 bits per heavy atom. The van der Waals surface area contributed by atoms with Crippen LogP contribution in [0.25, 0.3) is 0 Å². The van der Waals surface area contributed by atoms with Crippen molar-refractivity contribution in [1.82, 2.24) is 0 Å². The van der Waals surface area contributed by atoms with Gasteiger partial charge in [-0.3, -0.25) is 14.4 Å². The van der Waals surface area contributed by atoms with Crippen LogP contribution in [0.1, 0.15) is 188 Å². The summed E-state index contributed by atoms with van der Waals surface area (Å²) in [6.45, 7) is 6.32. The fourth-order valence-corrected chi connectivity index (χ4v) is 5.38. The zero-order chi connectivity index (χ0) is 37.3. The molecule has 0 aromatic rings. The molecular formula is C45H76O6. The average molecular weight is 713 g/mol. The third kappa shape index (κ3) is 38.2. The van der Waals surface area contributed by atoms with Crippen molar-refractivity contribution in [2.45, 2.75) is 194 Å². The van der Waals surface area contributed by atoms with Gasteiger partial charge in [0.2, 0.25) is 0 Å². The maximum absolute atomic E-state index is 12.5. The van der Waals surface area contributed by atoms with Crippen LogP contribution < -0.4 is 0 Å². The van der Waals surface area contributed by atoms with E-state index in [1.807, 2.05) is 6.08 Å². The van der Waals surface area contributed by atoms with E-state index < -0.39 is 12.1 Å². The number of esters is 3. The lowest BCUT2D eigenvalue weighted by molar-refractivity contribution is -0.166. The number of unbranched alkanes of at least 4 members (excludes halogenated alkanes) is 16. The fraction of sp³-hybridized carbons (Fsp3) is 0.711. The molecule has 0 spiro atoms. The highest BCUT2D eigenvalue weighted by molar-refractivity contribution is 5.72. The molecule has 0 aromatic carbocycles. The second-order valence-electron chi connectivity index (χ2n) is 13.5. The van der Waals surface area contributed by atoms with Crippen molar-refractivity contribution in [1.29, 1.82) is 0 Å². The summed E-state index contributed by atoms with van der Waals surface area (Å²) in [7, 11) is 0. The van der Waals surface area contributed by atoms with Crippen molar-refractivity contribution in [3.63, 3.8) is 0 Å². The first-order valence-electron chi connectivity index (χ1n) is 20.8. The Morgan fingerprint density at radius 2 is 0.843 bits per heavy atom. The lowest BCUT2D eigenvalue weighted by atomic mass is 10.1. The largest absolute Gasteiger partial charge is 0.462 e. The van der Waals surface area contributed by atoms with Gasteiger partial charge in [0.25, 0.3) is 0 Å². The Bertz CT molecular complexity index is 960. The monoisotopic (exact) mass is 713 g/mol. The van der Waals surface area contributed by atoms with Gasteiger partial charge in [-0.05, 0) is 77.0 Å². The second kappa shape index (κ2) is 39.9. The molecule has 0 radical (unpaired) electrons. The van der Waals surface area contributed by atoms with Crippen molar-refractivity contribution in [3.05, 3.63) is 60.8 Å². The maximum atomic E-state index is 12.5. The van der Waals surface area contributed by atoms with Crippen LogP contribution in [0.2, 0.25) is 0 Å². The molecule has 0 bridgehead atoms. The minimum Gasteiger partial charge on any atom is -0.462 e. The number of carbonyl (C=O) groups excluding carboxylic acids is 3. The molecule has 0 aliphatic carbocycles. The zero-order valence-electron chi connectivity index (χ0n) is 33.1. The summed E-state index contributed by atoms with van der Waals surface area (Å²) >= 11 is 0. The third-order valence-corrected chi connectivity index (χ3v) is 8.51. The molecule has 1 atom stereocenters. The number of carbonyl (C=O) groups is 3. The predicted octanol–water partition coefficient (Wildman–Crippen LogP) is 13.0. The molecule has 6 nitrogen and oxygen atoms in total. The first kappa shape index (κ1) is 48.1. The maximum Gasteiger partial charge on any atom is 0.310 e. The number of rotatable bonds is 36. The summed E-state index contributed by atoms with van der Waals surface area (Å²) in [5, 5.41) is 0. The number of hydrogen-bond acceptors (Lipinski definition) is 6. The van der Waals surface area contributed by atoms with E-state index in [1.165, 1.54) is 89.9 Å². The van der Waals surface area contributed by atoms with Crippen LogP contribution in [0.4, 0.5) is 0 Å². The van der Waals surface area contributed by atoms with Crippen LogP contribution in [0.15, 0.2) is 60.8 Å². The Kier molecular flexibility index (Phi) is 37.6. The van der Waals surface area contributed by atoms with E-state index in [0.717, 1.165) is 51.4 Å². The Hall–Kier alpha value is -2.89. The van der Waals surface area contributed by atoms with Crippen molar-refractivity contribution in [3.8, 4) is 0 Å². The van der Waals surface area contributed by atoms with E-state index in [2.05, 4.69) is 69.4 Å². The number of allylic oxidation sites excluding steroid dienone is 9. The molecule has 0 amide bonds. The Balaban J connectivity index is 4.43. The minimum atomic E-state index is -0.831. The van der Waals surface area contributed by atoms with Gasteiger partial charge < -0.3 is 14.2 Å². The van der Waals surface area contributed by atoms with Gasteiger partial charge in [0.15, 0.2) is 6.10 Å². The molecule has 0 aliphatic heterocycles. The Morgan fingerprint density at radius 1 is 0.431 bits per heavy atom.